The molecule has 1 heterocycles. The molecule has 4 nitrogen and oxygen atoms in total. The zero-order chi connectivity index (χ0) is 13.8. The summed E-state index contributed by atoms with van der Waals surface area (Å²) in [7, 11) is 3.05. The maximum Gasteiger partial charge on any atom is 0.167 e. The molecule has 0 radical (unpaired) electrons. The Labute approximate surface area is 111 Å². The van der Waals surface area contributed by atoms with Gasteiger partial charge in [0.25, 0.3) is 0 Å². The number of benzene rings is 1. The van der Waals surface area contributed by atoms with E-state index in [0.29, 0.717) is 12.1 Å². The second kappa shape index (κ2) is 5.84. The highest BCUT2D eigenvalue weighted by Crippen LogP contribution is 2.29. The first kappa shape index (κ1) is 13.5. The first-order chi connectivity index (χ1) is 9.19. The molecule has 0 atom stereocenters. The van der Waals surface area contributed by atoms with Crippen LogP contribution in [0.3, 0.4) is 0 Å². The normalized spacial score (nSPS) is 10.7. The maximum absolute atomic E-state index is 13.7. The predicted molar refractivity (Wildman–Crippen MR) is 73.1 cm³/mol. The van der Waals surface area contributed by atoms with Gasteiger partial charge in [0, 0.05) is 30.8 Å². The van der Waals surface area contributed by atoms with E-state index < -0.39 is 5.82 Å². The Bertz CT molecular complexity index is 587. The smallest absolute Gasteiger partial charge is 0.167 e. The van der Waals surface area contributed by atoms with E-state index >= 15 is 0 Å². The molecular weight excluding hydrogens is 247 g/mol. The molecule has 2 aromatic rings. The summed E-state index contributed by atoms with van der Waals surface area (Å²) < 4.78 is 23.8. The molecule has 0 aliphatic carbocycles. The van der Waals surface area contributed by atoms with Crippen molar-refractivity contribution in [3.8, 4) is 5.75 Å². The van der Waals surface area contributed by atoms with E-state index in [1.54, 1.807) is 13.2 Å². The van der Waals surface area contributed by atoms with Crippen LogP contribution in [0.5, 0.6) is 5.75 Å². The van der Waals surface area contributed by atoms with E-state index in [1.165, 1.54) is 13.2 Å². The Balaban J connectivity index is 2.64. The lowest BCUT2D eigenvalue weighted by Gasteiger charge is -2.12. The molecule has 0 aliphatic rings. The highest BCUT2D eigenvalue weighted by molar-refractivity contribution is 5.92. The van der Waals surface area contributed by atoms with Crippen LogP contribution in [0.1, 0.15) is 12.6 Å². The van der Waals surface area contributed by atoms with Crippen molar-refractivity contribution in [3.05, 3.63) is 29.7 Å². The van der Waals surface area contributed by atoms with Gasteiger partial charge in [-0.1, -0.05) is 0 Å². The monoisotopic (exact) mass is 264 g/mol. The highest BCUT2D eigenvalue weighted by Gasteiger charge is 2.11. The summed E-state index contributed by atoms with van der Waals surface area (Å²) >= 11 is 0. The van der Waals surface area contributed by atoms with E-state index in [1.807, 2.05) is 13.0 Å². The van der Waals surface area contributed by atoms with E-state index in [4.69, 9.17) is 9.47 Å². The van der Waals surface area contributed by atoms with Gasteiger partial charge in [0.2, 0.25) is 0 Å². The Kier molecular flexibility index (Phi) is 4.16. The second-order valence-corrected chi connectivity index (χ2v) is 4.13. The van der Waals surface area contributed by atoms with Crippen LogP contribution in [0.4, 0.5) is 10.1 Å². The topological polar surface area (TPSA) is 43.4 Å². The number of nitrogens with zero attached hydrogens (tertiary/aromatic N) is 1. The summed E-state index contributed by atoms with van der Waals surface area (Å²) in [5.41, 5.74) is 2.25. The summed E-state index contributed by atoms with van der Waals surface area (Å²) in [6, 6.07) is 4.95. The summed E-state index contributed by atoms with van der Waals surface area (Å²) in [4.78, 5) is 4.38. The minimum atomic E-state index is -0.417. The molecule has 1 aromatic carbocycles. The van der Waals surface area contributed by atoms with Crippen molar-refractivity contribution in [2.24, 2.45) is 0 Å². The number of hydrogen-bond acceptors (Lipinski definition) is 4. The number of methoxy groups -OCH3 is 2. The fourth-order valence-electron chi connectivity index (χ4n) is 2.00. The number of anilines is 1. The maximum atomic E-state index is 13.7. The average molecular weight is 264 g/mol. The van der Waals surface area contributed by atoms with Gasteiger partial charge in [-0.15, -0.1) is 0 Å². The number of nitrogens with one attached hydrogen (secondary N) is 1. The zero-order valence-corrected chi connectivity index (χ0v) is 11.3. The third-order valence-corrected chi connectivity index (χ3v) is 2.79. The van der Waals surface area contributed by atoms with Gasteiger partial charge in [-0.25, -0.2) is 4.39 Å². The Hall–Kier alpha value is -1.88. The van der Waals surface area contributed by atoms with Crippen LogP contribution in [0.25, 0.3) is 10.9 Å². The number of pyridine rings is 1. The summed E-state index contributed by atoms with van der Waals surface area (Å²) in [5, 5.41) is 4.08. The van der Waals surface area contributed by atoms with Crippen LogP contribution in [-0.4, -0.2) is 25.7 Å². The number of halogens is 1. The first-order valence-electron chi connectivity index (χ1n) is 6.09. The second-order valence-electron chi connectivity index (χ2n) is 4.13. The van der Waals surface area contributed by atoms with Gasteiger partial charge in [-0.3, -0.25) is 4.98 Å². The Morgan fingerprint density at radius 3 is 2.68 bits per heavy atom. The van der Waals surface area contributed by atoms with Gasteiger partial charge >= 0.3 is 0 Å². The first-order valence-corrected chi connectivity index (χ1v) is 6.09. The molecule has 0 unspecified atom stereocenters. The van der Waals surface area contributed by atoms with Crippen LogP contribution >= 0.6 is 0 Å². The van der Waals surface area contributed by atoms with Crippen LogP contribution in [0.15, 0.2) is 18.2 Å². The van der Waals surface area contributed by atoms with Gasteiger partial charge in [-0.05, 0) is 19.1 Å². The van der Waals surface area contributed by atoms with Gasteiger partial charge in [-0.2, -0.15) is 0 Å². The lowest BCUT2D eigenvalue weighted by molar-refractivity contribution is 0.182. The fourth-order valence-corrected chi connectivity index (χ4v) is 2.00. The third kappa shape index (κ3) is 2.76. The van der Waals surface area contributed by atoms with Crippen LogP contribution in [0.2, 0.25) is 0 Å². The van der Waals surface area contributed by atoms with Crippen molar-refractivity contribution in [3.63, 3.8) is 0 Å². The molecule has 5 heteroatoms. The van der Waals surface area contributed by atoms with Crippen molar-refractivity contribution in [1.29, 1.82) is 0 Å². The largest absolute Gasteiger partial charge is 0.494 e. The summed E-state index contributed by atoms with van der Waals surface area (Å²) in [5.74, 6) is -0.201. The summed E-state index contributed by atoms with van der Waals surface area (Å²) in [6.45, 7) is 3.16. The molecule has 0 amide bonds. The third-order valence-electron chi connectivity index (χ3n) is 2.79. The van der Waals surface area contributed by atoms with Crippen molar-refractivity contribution in [1.82, 2.24) is 4.98 Å². The molecule has 2 rings (SSSR count). The number of aromatic nitrogens is 1. The molecule has 0 saturated carbocycles. The molecular formula is C14H17FN2O2. The van der Waals surface area contributed by atoms with Crippen molar-refractivity contribution in [2.45, 2.75) is 13.5 Å². The van der Waals surface area contributed by atoms with E-state index in [9.17, 15) is 4.39 Å². The minimum Gasteiger partial charge on any atom is -0.494 e. The quantitative estimate of drug-likeness (QED) is 0.901. The standard InChI is InChI=1S/C14H17FN2O2/c1-4-16-12-5-9(8-18-2)17-13-7-11(15)14(19-3)6-10(12)13/h5-7H,4,8H2,1-3H3,(H,16,17). The van der Waals surface area contributed by atoms with Crippen LogP contribution < -0.4 is 10.1 Å². The lowest BCUT2D eigenvalue weighted by Crippen LogP contribution is -2.02. The zero-order valence-electron chi connectivity index (χ0n) is 11.3. The Morgan fingerprint density at radius 2 is 2.05 bits per heavy atom. The predicted octanol–water partition coefficient (Wildman–Crippen LogP) is 2.96. The minimum absolute atomic E-state index is 0.216. The van der Waals surface area contributed by atoms with Crippen LogP contribution in [0, 0.1) is 5.82 Å². The highest BCUT2D eigenvalue weighted by atomic mass is 19.1. The van der Waals surface area contributed by atoms with Crippen molar-refractivity contribution in [2.75, 3.05) is 26.1 Å². The van der Waals surface area contributed by atoms with Crippen molar-refractivity contribution < 1.29 is 13.9 Å². The molecule has 0 saturated heterocycles. The van der Waals surface area contributed by atoms with E-state index in [2.05, 4.69) is 10.3 Å². The van der Waals surface area contributed by atoms with Crippen molar-refractivity contribution >= 4 is 16.6 Å². The SMILES string of the molecule is CCNc1cc(COC)nc2cc(F)c(OC)cc12. The van der Waals surface area contributed by atoms with Gasteiger partial charge < -0.3 is 14.8 Å². The molecule has 19 heavy (non-hydrogen) atoms. The average Bonchev–Trinajstić information content (AvgIpc) is 2.38. The molecule has 0 spiro atoms. The molecule has 1 aromatic heterocycles. The van der Waals surface area contributed by atoms with E-state index in [-0.39, 0.29) is 5.75 Å². The number of ether oxygens (including phenoxy) is 2. The lowest BCUT2D eigenvalue weighted by atomic mass is 10.1. The fraction of sp³-hybridized carbons (Fsp3) is 0.357. The number of fused-ring (bicyclic) bond motifs is 1. The number of rotatable bonds is 5. The summed E-state index contributed by atoms with van der Waals surface area (Å²) in [6.07, 6.45) is 0. The van der Waals surface area contributed by atoms with Gasteiger partial charge in [0.1, 0.15) is 0 Å². The molecule has 102 valence electrons. The Morgan fingerprint density at radius 1 is 1.26 bits per heavy atom. The molecule has 0 aliphatic heterocycles. The molecule has 0 fully saturated rings. The molecule has 0 bridgehead atoms. The van der Waals surface area contributed by atoms with Gasteiger partial charge in [0.15, 0.2) is 11.6 Å². The van der Waals surface area contributed by atoms with Gasteiger partial charge in [0.05, 0.1) is 24.9 Å². The number of hydrogen-bond donors (Lipinski definition) is 1. The molecule has 1 N–H and O–H groups in total. The van der Waals surface area contributed by atoms with E-state index in [0.717, 1.165) is 23.3 Å². The van der Waals surface area contributed by atoms with Crippen LogP contribution in [-0.2, 0) is 11.3 Å².